The van der Waals surface area contributed by atoms with Gasteiger partial charge in [0.05, 0.1) is 25.9 Å². The maximum atomic E-state index is 5.68. The van der Waals surface area contributed by atoms with E-state index in [1.807, 2.05) is 49.4 Å². The van der Waals surface area contributed by atoms with Gasteiger partial charge < -0.3 is 20.1 Å². The molecular weight excluding hydrogens is 431 g/mol. The van der Waals surface area contributed by atoms with Gasteiger partial charge in [0.1, 0.15) is 18.1 Å². The maximum Gasteiger partial charge on any atom is 0.191 e. The number of benzene rings is 1. The van der Waals surface area contributed by atoms with E-state index in [2.05, 4.69) is 20.6 Å². The molecule has 0 fully saturated rings. The van der Waals surface area contributed by atoms with Crippen LogP contribution in [0.25, 0.3) is 0 Å². The highest BCUT2D eigenvalue weighted by Gasteiger charge is 1.99. The molecule has 0 bridgehead atoms. The van der Waals surface area contributed by atoms with Gasteiger partial charge in [-0.1, -0.05) is 6.07 Å². The van der Waals surface area contributed by atoms with E-state index in [4.69, 9.17) is 9.47 Å². The summed E-state index contributed by atoms with van der Waals surface area (Å²) in [6.45, 7) is 4.56. The number of nitrogens with zero attached hydrogens (tertiary/aromatic N) is 2. The van der Waals surface area contributed by atoms with Crippen LogP contribution in [0.1, 0.15) is 12.6 Å². The molecule has 0 atom stereocenters. The van der Waals surface area contributed by atoms with Crippen LogP contribution in [0.2, 0.25) is 0 Å². The van der Waals surface area contributed by atoms with Crippen LogP contribution in [0.4, 0.5) is 0 Å². The highest BCUT2D eigenvalue weighted by molar-refractivity contribution is 14.0. The molecule has 0 saturated carbocycles. The SMILES string of the molecule is CCNC(=NCc1ccccn1)NCCOc1ccc(OC)cc1.I. The Morgan fingerprint density at radius 2 is 1.84 bits per heavy atom. The summed E-state index contributed by atoms with van der Waals surface area (Å²) in [6, 6.07) is 13.3. The average molecular weight is 456 g/mol. The fourth-order valence-electron chi connectivity index (χ4n) is 2.00. The fourth-order valence-corrected chi connectivity index (χ4v) is 2.00. The summed E-state index contributed by atoms with van der Waals surface area (Å²) in [4.78, 5) is 8.77. The van der Waals surface area contributed by atoms with Crippen molar-refractivity contribution in [1.29, 1.82) is 0 Å². The van der Waals surface area contributed by atoms with Crippen LogP contribution >= 0.6 is 24.0 Å². The Balaban J connectivity index is 0.00000312. The minimum absolute atomic E-state index is 0. The predicted molar refractivity (Wildman–Crippen MR) is 111 cm³/mol. The molecule has 0 amide bonds. The zero-order chi connectivity index (χ0) is 17.0. The highest BCUT2D eigenvalue weighted by atomic mass is 127. The number of methoxy groups -OCH3 is 1. The minimum Gasteiger partial charge on any atom is -0.497 e. The maximum absolute atomic E-state index is 5.68. The summed E-state index contributed by atoms with van der Waals surface area (Å²) < 4.78 is 10.8. The van der Waals surface area contributed by atoms with Crippen molar-refractivity contribution < 1.29 is 9.47 Å². The Labute approximate surface area is 166 Å². The Hall–Kier alpha value is -2.03. The van der Waals surface area contributed by atoms with E-state index in [1.54, 1.807) is 13.3 Å². The quantitative estimate of drug-likeness (QED) is 0.277. The highest BCUT2D eigenvalue weighted by Crippen LogP contribution is 2.16. The molecule has 0 aliphatic rings. The third-order valence-electron chi connectivity index (χ3n) is 3.19. The Morgan fingerprint density at radius 3 is 2.48 bits per heavy atom. The van der Waals surface area contributed by atoms with E-state index in [1.165, 1.54) is 0 Å². The van der Waals surface area contributed by atoms with E-state index in [0.29, 0.717) is 19.7 Å². The average Bonchev–Trinajstić information content (AvgIpc) is 2.64. The van der Waals surface area contributed by atoms with Crippen LogP contribution < -0.4 is 20.1 Å². The number of aliphatic imine (C=N–C) groups is 1. The van der Waals surface area contributed by atoms with Gasteiger partial charge in [-0.25, -0.2) is 4.99 Å². The first-order valence-electron chi connectivity index (χ1n) is 8.00. The number of hydrogen-bond acceptors (Lipinski definition) is 4. The molecule has 1 heterocycles. The molecule has 0 unspecified atom stereocenters. The Kier molecular flexibility index (Phi) is 10.4. The van der Waals surface area contributed by atoms with Crippen molar-refractivity contribution in [3.63, 3.8) is 0 Å². The molecule has 0 spiro atoms. The molecule has 0 saturated heterocycles. The zero-order valence-corrected chi connectivity index (χ0v) is 16.9. The van der Waals surface area contributed by atoms with Crippen LogP contribution in [-0.4, -0.2) is 37.7 Å². The van der Waals surface area contributed by atoms with Gasteiger partial charge in [-0.05, 0) is 43.3 Å². The van der Waals surface area contributed by atoms with Gasteiger partial charge in [0.2, 0.25) is 0 Å². The van der Waals surface area contributed by atoms with Crippen molar-refractivity contribution >= 4 is 29.9 Å². The molecule has 0 aliphatic carbocycles. The lowest BCUT2D eigenvalue weighted by Crippen LogP contribution is -2.39. The van der Waals surface area contributed by atoms with Crippen molar-refractivity contribution in [3.8, 4) is 11.5 Å². The van der Waals surface area contributed by atoms with Crippen LogP contribution in [0.3, 0.4) is 0 Å². The number of halogens is 1. The number of guanidine groups is 1. The first-order chi connectivity index (χ1) is 11.8. The molecule has 2 rings (SSSR count). The number of hydrogen-bond donors (Lipinski definition) is 2. The lowest BCUT2D eigenvalue weighted by Gasteiger charge is -2.12. The van der Waals surface area contributed by atoms with Crippen LogP contribution in [-0.2, 0) is 6.54 Å². The molecular formula is C18H25IN4O2. The molecule has 1 aromatic heterocycles. The molecule has 1 aromatic carbocycles. The van der Waals surface area contributed by atoms with E-state index >= 15 is 0 Å². The number of nitrogens with one attached hydrogen (secondary N) is 2. The summed E-state index contributed by atoms with van der Waals surface area (Å²) in [7, 11) is 1.65. The number of rotatable bonds is 8. The number of aromatic nitrogens is 1. The van der Waals surface area contributed by atoms with Gasteiger partial charge in [0, 0.05) is 12.7 Å². The van der Waals surface area contributed by atoms with Crippen LogP contribution in [0.5, 0.6) is 11.5 Å². The number of pyridine rings is 1. The second kappa shape index (κ2) is 12.3. The van der Waals surface area contributed by atoms with Crippen molar-refractivity contribution in [3.05, 3.63) is 54.4 Å². The smallest absolute Gasteiger partial charge is 0.191 e. The third-order valence-corrected chi connectivity index (χ3v) is 3.19. The van der Waals surface area contributed by atoms with Crippen molar-refractivity contribution in [2.45, 2.75) is 13.5 Å². The lowest BCUT2D eigenvalue weighted by molar-refractivity contribution is 0.321. The van der Waals surface area contributed by atoms with E-state index in [9.17, 15) is 0 Å². The second-order valence-electron chi connectivity index (χ2n) is 4.97. The van der Waals surface area contributed by atoms with Gasteiger partial charge in [-0.15, -0.1) is 24.0 Å². The van der Waals surface area contributed by atoms with E-state index in [-0.39, 0.29) is 24.0 Å². The monoisotopic (exact) mass is 456 g/mol. The van der Waals surface area contributed by atoms with Gasteiger partial charge in [-0.3, -0.25) is 4.98 Å². The van der Waals surface area contributed by atoms with Crippen LogP contribution in [0, 0.1) is 0 Å². The normalized spacial score (nSPS) is 10.6. The third kappa shape index (κ3) is 8.06. The second-order valence-corrected chi connectivity index (χ2v) is 4.97. The Bertz CT molecular complexity index is 621. The summed E-state index contributed by atoms with van der Waals surface area (Å²) in [5.74, 6) is 2.38. The van der Waals surface area contributed by atoms with Crippen molar-refractivity contribution in [2.24, 2.45) is 4.99 Å². The molecule has 2 N–H and O–H groups in total. The molecule has 0 aliphatic heterocycles. The summed E-state index contributed by atoms with van der Waals surface area (Å²) in [5.41, 5.74) is 0.934. The Morgan fingerprint density at radius 1 is 1.08 bits per heavy atom. The molecule has 2 aromatic rings. The molecule has 136 valence electrons. The molecule has 0 radical (unpaired) electrons. The van der Waals surface area contributed by atoms with Gasteiger partial charge in [-0.2, -0.15) is 0 Å². The van der Waals surface area contributed by atoms with E-state index in [0.717, 1.165) is 29.7 Å². The summed E-state index contributed by atoms with van der Waals surface area (Å²) in [6.07, 6.45) is 1.77. The fraction of sp³-hybridized carbons (Fsp3) is 0.333. The van der Waals surface area contributed by atoms with Crippen molar-refractivity contribution in [1.82, 2.24) is 15.6 Å². The zero-order valence-electron chi connectivity index (χ0n) is 14.6. The van der Waals surface area contributed by atoms with Gasteiger partial charge in [0.15, 0.2) is 5.96 Å². The minimum atomic E-state index is 0. The molecule has 7 heteroatoms. The topological polar surface area (TPSA) is 67.8 Å². The number of ether oxygens (including phenoxy) is 2. The van der Waals surface area contributed by atoms with Gasteiger partial charge in [0.25, 0.3) is 0 Å². The van der Waals surface area contributed by atoms with Crippen LogP contribution in [0.15, 0.2) is 53.7 Å². The summed E-state index contributed by atoms with van der Waals surface area (Å²) >= 11 is 0. The van der Waals surface area contributed by atoms with E-state index < -0.39 is 0 Å². The standard InChI is InChI=1S/C18H24N4O2.HI/c1-3-19-18(22-14-15-6-4-5-11-20-15)21-12-13-24-17-9-7-16(23-2)8-10-17;/h4-11H,3,12-14H2,1-2H3,(H2,19,21,22);1H. The lowest BCUT2D eigenvalue weighted by atomic mass is 10.3. The predicted octanol–water partition coefficient (Wildman–Crippen LogP) is 2.84. The first kappa shape index (κ1) is 21.0. The first-order valence-corrected chi connectivity index (χ1v) is 8.00. The molecule has 25 heavy (non-hydrogen) atoms. The molecule has 6 nitrogen and oxygen atoms in total. The van der Waals surface area contributed by atoms with Gasteiger partial charge >= 0.3 is 0 Å². The largest absolute Gasteiger partial charge is 0.497 e. The summed E-state index contributed by atoms with van der Waals surface area (Å²) in [5, 5.41) is 6.45. The van der Waals surface area contributed by atoms with Crippen molar-refractivity contribution in [2.75, 3.05) is 26.8 Å².